The molecule has 19 heavy (non-hydrogen) atoms. The molecule has 2 aromatic rings. The van der Waals surface area contributed by atoms with Crippen LogP contribution in [0.4, 0.5) is 11.8 Å². The van der Waals surface area contributed by atoms with E-state index in [1.807, 2.05) is 0 Å². The van der Waals surface area contributed by atoms with Gasteiger partial charge >= 0.3 is 5.97 Å². The second-order valence-corrected chi connectivity index (χ2v) is 3.98. The second kappa shape index (κ2) is 5.53. The molecular weight excluding hydrogens is 272 g/mol. The minimum absolute atomic E-state index is 0.0373. The molecule has 0 aliphatic carbocycles. The Morgan fingerprint density at radius 2 is 2.37 bits per heavy atom. The number of H-pyrrole nitrogens is 1. The number of anilines is 2. The zero-order chi connectivity index (χ0) is 13.8. The molecule has 2 heterocycles. The van der Waals surface area contributed by atoms with E-state index >= 15 is 0 Å². The lowest BCUT2D eigenvalue weighted by Crippen LogP contribution is -2.05. The van der Waals surface area contributed by atoms with Crippen LogP contribution >= 0.6 is 11.6 Å². The van der Waals surface area contributed by atoms with E-state index in [-0.39, 0.29) is 5.69 Å². The number of aromatic amines is 1. The SMILES string of the molecule is CNc1nc(NCc2cc(C(=O)O)n[nH]2)ncc1Cl. The number of rotatable bonds is 5. The lowest BCUT2D eigenvalue weighted by molar-refractivity contribution is 0.0690. The molecule has 0 radical (unpaired) electrons. The third-order valence-corrected chi connectivity index (χ3v) is 2.54. The van der Waals surface area contributed by atoms with E-state index in [9.17, 15) is 4.79 Å². The standard InChI is InChI=1S/C10H11ClN6O2/c1-12-8-6(11)4-14-10(15-8)13-3-5-2-7(9(18)19)17-16-5/h2,4H,3H2,1H3,(H,16,17)(H,18,19)(H2,12,13,14,15). The monoisotopic (exact) mass is 282 g/mol. The number of aromatic carboxylic acids is 1. The van der Waals surface area contributed by atoms with Crippen molar-refractivity contribution in [1.29, 1.82) is 0 Å². The summed E-state index contributed by atoms with van der Waals surface area (Å²) < 4.78 is 0. The first-order valence-corrected chi connectivity index (χ1v) is 5.69. The Balaban J connectivity index is 2.03. The smallest absolute Gasteiger partial charge is 0.356 e. The maximum absolute atomic E-state index is 10.7. The molecule has 0 aliphatic rings. The van der Waals surface area contributed by atoms with Crippen LogP contribution < -0.4 is 10.6 Å². The van der Waals surface area contributed by atoms with Crippen LogP contribution in [0.3, 0.4) is 0 Å². The molecule has 4 N–H and O–H groups in total. The van der Waals surface area contributed by atoms with Crippen molar-refractivity contribution in [3.05, 3.63) is 28.7 Å². The summed E-state index contributed by atoms with van der Waals surface area (Å²) >= 11 is 5.85. The van der Waals surface area contributed by atoms with Crippen molar-refractivity contribution in [2.45, 2.75) is 6.54 Å². The van der Waals surface area contributed by atoms with Gasteiger partial charge in [0.1, 0.15) is 10.8 Å². The summed E-state index contributed by atoms with van der Waals surface area (Å²) in [5.41, 5.74) is 0.576. The predicted molar refractivity (Wildman–Crippen MR) is 69.5 cm³/mol. The van der Waals surface area contributed by atoms with Crippen molar-refractivity contribution < 1.29 is 9.90 Å². The number of hydrogen-bond acceptors (Lipinski definition) is 6. The summed E-state index contributed by atoms with van der Waals surface area (Å²) in [6, 6.07) is 1.43. The van der Waals surface area contributed by atoms with Gasteiger partial charge < -0.3 is 15.7 Å². The summed E-state index contributed by atoms with van der Waals surface area (Å²) in [7, 11) is 1.70. The molecule has 0 aliphatic heterocycles. The normalized spacial score (nSPS) is 10.2. The molecule has 0 saturated carbocycles. The van der Waals surface area contributed by atoms with Gasteiger partial charge in [0.2, 0.25) is 5.95 Å². The van der Waals surface area contributed by atoms with Gasteiger partial charge in [-0.25, -0.2) is 9.78 Å². The zero-order valence-electron chi connectivity index (χ0n) is 9.94. The first-order valence-electron chi connectivity index (χ1n) is 5.32. The molecule has 2 rings (SSSR count). The van der Waals surface area contributed by atoms with E-state index < -0.39 is 5.97 Å². The average molecular weight is 283 g/mol. The first-order chi connectivity index (χ1) is 9.10. The Labute approximate surface area is 113 Å². The molecule has 2 aromatic heterocycles. The molecule has 0 bridgehead atoms. The lowest BCUT2D eigenvalue weighted by Gasteiger charge is -2.06. The highest BCUT2D eigenvalue weighted by atomic mass is 35.5. The number of carboxylic acid groups (broad SMARTS) is 1. The van der Waals surface area contributed by atoms with Crippen LogP contribution in [-0.2, 0) is 6.54 Å². The van der Waals surface area contributed by atoms with Gasteiger partial charge in [0.25, 0.3) is 0 Å². The zero-order valence-corrected chi connectivity index (χ0v) is 10.7. The fourth-order valence-electron chi connectivity index (χ4n) is 1.36. The third kappa shape index (κ3) is 3.10. The first kappa shape index (κ1) is 13.1. The molecule has 0 amide bonds. The molecule has 0 unspecified atom stereocenters. The highest BCUT2D eigenvalue weighted by Crippen LogP contribution is 2.18. The van der Waals surface area contributed by atoms with Gasteiger partial charge in [-0.15, -0.1) is 0 Å². The van der Waals surface area contributed by atoms with Crippen molar-refractivity contribution in [3.63, 3.8) is 0 Å². The van der Waals surface area contributed by atoms with E-state index in [1.165, 1.54) is 12.3 Å². The molecule has 0 spiro atoms. The maximum Gasteiger partial charge on any atom is 0.356 e. The average Bonchev–Trinajstić information content (AvgIpc) is 2.87. The summed E-state index contributed by atoms with van der Waals surface area (Å²) in [5, 5.41) is 21.2. The van der Waals surface area contributed by atoms with Gasteiger partial charge in [0.15, 0.2) is 5.69 Å². The van der Waals surface area contributed by atoms with Crippen molar-refractivity contribution in [3.8, 4) is 0 Å². The number of nitrogens with one attached hydrogen (secondary N) is 3. The Morgan fingerprint density at radius 3 is 3.00 bits per heavy atom. The molecule has 0 saturated heterocycles. The maximum atomic E-state index is 10.7. The quantitative estimate of drug-likeness (QED) is 0.651. The molecule has 9 heteroatoms. The number of carbonyl (C=O) groups is 1. The van der Waals surface area contributed by atoms with Gasteiger partial charge in [0.05, 0.1) is 18.4 Å². The third-order valence-electron chi connectivity index (χ3n) is 2.27. The number of hydrogen-bond donors (Lipinski definition) is 4. The van der Waals surface area contributed by atoms with E-state index in [0.717, 1.165) is 0 Å². The van der Waals surface area contributed by atoms with Gasteiger partial charge in [-0.05, 0) is 6.07 Å². The van der Waals surface area contributed by atoms with Crippen molar-refractivity contribution in [2.24, 2.45) is 0 Å². The van der Waals surface area contributed by atoms with Crippen LogP contribution in [0.2, 0.25) is 5.02 Å². The Bertz CT molecular complexity index is 599. The minimum atomic E-state index is -1.08. The summed E-state index contributed by atoms with van der Waals surface area (Å²) in [5.74, 6) is -0.196. The molecule has 100 valence electrons. The van der Waals surface area contributed by atoms with E-state index in [2.05, 4.69) is 30.8 Å². The topological polar surface area (TPSA) is 116 Å². The number of nitrogens with zero attached hydrogens (tertiary/aromatic N) is 3. The van der Waals surface area contributed by atoms with E-state index in [0.29, 0.717) is 29.0 Å². The summed E-state index contributed by atoms with van der Waals surface area (Å²) in [4.78, 5) is 18.8. The lowest BCUT2D eigenvalue weighted by atomic mass is 10.3. The fraction of sp³-hybridized carbons (Fsp3) is 0.200. The number of carboxylic acids is 1. The van der Waals surface area contributed by atoms with Gasteiger partial charge in [-0.3, -0.25) is 5.10 Å². The molecule has 0 atom stereocenters. The molecular formula is C10H11ClN6O2. The van der Waals surface area contributed by atoms with Crippen molar-refractivity contribution in [2.75, 3.05) is 17.7 Å². The Morgan fingerprint density at radius 1 is 1.58 bits per heavy atom. The molecule has 0 aromatic carbocycles. The van der Waals surface area contributed by atoms with Crippen LogP contribution in [0.15, 0.2) is 12.3 Å². The van der Waals surface area contributed by atoms with Crippen LogP contribution in [-0.4, -0.2) is 38.3 Å². The Hall–Kier alpha value is -2.35. The van der Waals surface area contributed by atoms with E-state index in [1.54, 1.807) is 7.05 Å². The van der Waals surface area contributed by atoms with Crippen molar-refractivity contribution >= 4 is 29.3 Å². The highest BCUT2D eigenvalue weighted by Gasteiger charge is 2.08. The Kier molecular flexibility index (Phi) is 3.81. The van der Waals surface area contributed by atoms with Crippen LogP contribution in [0.5, 0.6) is 0 Å². The fourth-order valence-corrected chi connectivity index (χ4v) is 1.55. The van der Waals surface area contributed by atoms with Crippen LogP contribution in [0, 0.1) is 0 Å². The van der Waals surface area contributed by atoms with Crippen molar-refractivity contribution in [1.82, 2.24) is 20.2 Å². The van der Waals surface area contributed by atoms with Gasteiger partial charge in [0, 0.05) is 7.05 Å². The predicted octanol–water partition coefficient (Wildman–Crippen LogP) is 1.21. The summed E-state index contributed by atoms with van der Waals surface area (Å²) in [6.07, 6.45) is 1.47. The van der Waals surface area contributed by atoms with Crippen LogP contribution in [0.25, 0.3) is 0 Å². The second-order valence-electron chi connectivity index (χ2n) is 3.58. The highest BCUT2D eigenvalue weighted by molar-refractivity contribution is 6.32. The number of aromatic nitrogens is 4. The van der Waals surface area contributed by atoms with E-state index in [4.69, 9.17) is 16.7 Å². The van der Waals surface area contributed by atoms with Gasteiger partial charge in [-0.1, -0.05) is 11.6 Å². The largest absolute Gasteiger partial charge is 0.476 e. The molecule has 8 nitrogen and oxygen atoms in total. The van der Waals surface area contributed by atoms with Gasteiger partial charge in [-0.2, -0.15) is 10.1 Å². The number of halogens is 1. The minimum Gasteiger partial charge on any atom is -0.476 e. The molecule has 0 fully saturated rings. The van der Waals surface area contributed by atoms with Crippen LogP contribution in [0.1, 0.15) is 16.2 Å². The summed E-state index contributed by atoms with van der Waals surface area (Å²) in [6.45, 7) is 0.324.